The number of carbonyl (C=O) groups is 3. The van der Waals surface area contributed by atoms with Crippen molar-refractivity contribution < 1.29 is 19.5 Å². The number of likely N-dealkylation sites (N-methyl/N-ethyl adjacent to an activating group) is 1. The molecule has 1 aliphatic heterocycles. The minimum atomic E-state index is -0.898. The van der Waals surface area contributed by atoms with Crippen LogP contribution in [0, 0.1) is 0 Å². The SMILES string of the molecule is CN(C)C(=O)C1CCCN1C(=O)CCCC(=O)O. The summed E-state index contributed by atoms with van der Waals surface area (Å²) in [7, 11) is 3.35. The number of rotatable bonds is 5. The molecule has 1 heterocycles. The summed E-state index contributed by atoms with van der Waals surface area (Å²) in [6, 6.07) is -0.364. The van der Waals surface area contributed by atoms with Crippen LogP contribution in [0.3, 0.4) is 0 Å². The number of aliphatic carboxylic acids is 1. The Kier molecular flexibility index (Phi) is 5.12. The van der Waals surface area contributed by atoms with Gasteiger partial charge in [0, 0.05) is 33.5 Å². The molecule has 0 aromatic heterocycles. The van der Waals surface area contributed by atoms with Crippen LogP contribution in [0.25, 0.3) is 0 Å². The maximum absolute atomic E-state index is 11.9. The zero-order valence-corrected chi connectivity index (χ0v) is 10.9. The highest BCUT2D eigenvalue weighted by molar-refractivity contribution is 5.88. The van der Waals surface area contributed by atoms with E-state index in [1.165, 1.54) is 4.90 Å². The fourth-order valence-corrected chi connectivity index (χ4v) is 2.15. The molecule has 1 N–H and O–H groups in total. The molecule has 0 aromatic carbocycles. The first-order valence-electron chi connectivity index (χ1n) is 6.16. The van der Waals surface area contributed by atoms with Crippen molar-refractivity contribution in [1.82, 2.24) is 9.80 Å². The second-order valence-electron chi connectivity index (χ2n) is 4.73. The molecule has 1 saturated heterocycles. The number of amides is 2. The Morgan fingerprint density at radius 2 is 1.94 bits per heavy atom. The molecule has 1 atom stereocenters. The monoisotopic (exact) mass is 256 g/mol. The van der Waals surface area contributed by atoms with Gasteiger partial charge in [-0.1, -0.05) is 0 Å². The number of hydrogen-bond donors (Lipinski definition) is 1. The van der Waals surface area contributed by atoms with Gasteiger partial charge < -0.3 is 14.9 Å². The highest BCUT2D eigenvalue weighted by atomic mass is 16.4. The summed E-state index contributed by atoms with van der Waals surface area (Å²) in [6.45, 7) is 0.593. The maximum Gasteiger partial charge on any atom is 0.303 e. The van der Waals surface area contributed by atoms with Crippen LogP contribution in [0.1, 0.15) is 32.1 Å². The third-order valence-electron chi connectivity index (χ3n) is 3.08. The van der Waals surface area contributed by atoms with Gasteiger partial charge in [0.25, 0.3) is 0 Å². The normalized spacial score (nSPS) is 18.8. The summed E-state index contributed by atoms with van der Waals surface area (Å²) in [5.41, 5.74) is 0. The van der Waals surface area contributed by atoms with Crippen molar-refractivity contribution >= 4 is 17.8 Å². The lowest BCUT2D eigenvalue weighted by Gasteiger charge is -2.26. The third kappa shape index (κ3) is 3.72. The number of carboxylic acid groups (broad SMARTS) is 1. The number of likely N-dealkylation sites (tertiary alicyclic amines) is 1. The third-order valence-corrected chi connectivity index (χ3v) is 3.08. The van der Waals surface area contributed by atoms with E-state index in [0.717, 1.165) is 6.42 Å². The Balaban J connectivity index is 2.50. The molecule has 102 valence electrons. The molecule has 0 saturated carbocycles. The lowest BCUT2D eigenvalue weighted by Crippen LogP contribution is -2.45. The largest absolute Gasteiger partial charge is 0.481 e. The average Bonchev–Trinajstić information content (AvgIpc) is 2.75. The summed E-state index contributed by atoms with van der Waals surface area (Å²) < 4.78 is 0. The molecule has 18 heavy (non-hydrogen) atoms. The molecule has 2 amide bonds. The first-order chi connectivity index (χ1) is 8.43. The van der Waals surface area contributed by atoms with Crippen molar-refractivity contribution in [2.75, 3.05) is 20.6 Å². The average molecular weight is 256 g/mol. The van der Waals surface area contributed by atoms with Gasteiger partial charge in [-0.3, -0.25) is 14.4 Å². The van der Waals surface area contributed by atoms with E-state index in [1.807, 2.05) is 0 Å². The second-order valence-corrected chi connectivity index (χ2v) is 4.73. The summed E-state index contributed by atoms with van der Waals surface area (Å²) >= 11 is 0. The van der Waals surface area contributed by atoms with Crippen LogP contribution in [0.2, 0.25) is 0 Å². The summed E-state index contributed by atoms with van der Waals surface area (Å²) in [4.78, 5) is 37.3. The van der Waals surface area contributed by atoms with Crippen molar-refractivity contribution in [3.8, 4) is 0 Å². The predicted molar refractivity (Wildman–Crippen MR) is 64.9 cm³/mol. The maximum atomic E-state index is 11.9. The topological polar surface area (TPSA) is 77.9 Å². The molecule has 1 unspecified atom stereocenters. The Hall–Kier alpha value is -1.59. The van der Waals surface area contributed by atoms with E-state index in [1.54, 1.807) is 19.0 Å². The zero-order chi connectivity index (χ0) is 13.7. The number of carboxylic acids is 1. The molecule has 0 radical (unpaired) electrons. The summed E-state index contributed by atoms with van der Waals surface area (Å²) in [5, 5.41) is 8.52. The van der Waals surface area contributed by atoms with Crippen molar-refractivity contribution in [2.45, 2.75) is 38.1 Å². The van der Waals surface area contributed by atoms with Gasteiger partial charge in [0.05, 0.1) is 0 Å². The smallest absolute Gasteiger partial charge is 0.303 e. The minimum Gasteiger partial charge on any atom is -0.481 e. The summed E-state index contributed by atoms with van der Waals surface area (Å²) in [6.07, 6.45) is 2.04. The van der Waals surface area contributed by atoms with Gasteiger partial charge in [-0.15, -0.1) is 0 Å². The molecule has 0 aromatic rings. The van der Waals surface area contributed by atoms with Crippen molar-refractivity contribution in [3.05, 3.63) is 0 Å². The van der Waals surface area contributed by atoms with Gasteiger partial charge in [-0.25, -0.2) is 0 Å². The van der Waals surface area contributed by atoms with E-state index in [2.05, 4.69) is 0 Å². The van der Waals surface area contributed by atoms with Gasteiger partial charge in [0.2, 0.25) is 11.8 Å². The van der Waals surface area contributed by atoms with E-state index in [4.69, 9.17) is 5.11 Å². The van der Waals surface area contributed by atoms with Crippen LogP contribution >= 0.6 is 0 Å². The van der Waals surface area contributed by atoms with Crippen molar-refractivity contribution in [3.63, 3.8) is 0 Å². The van der Waals surface area contributed by atoms with Crippen LogP contribution in [0.15, 0.2) is 0 Å². The molecule has 1 aliphatic rings. The zero-order valence-electron chi connectivity index (χ0n) is 10.9. The summed E-state index contributed by atoms with van der Waals surface area (Å²) in [5.74, 6) is -1.07. The first kappa shape index (κ1) is 14.5. The van der Waals surface area contributed by atoms with E-state index in [-0.39, 0.29) is 30.7 Å². The van der Waals surface area contributed by atoms with Gasteiger partial charge in [0.15, 0.2) is 0 Å². The van der Waals surface area contributed by atoms with Gasteiger partial charge in [-0.05, 0) is 19.3 Å². The quantitative estimate of drug-likeness (QED) is 0.768. The highest BCUT2D eigenvalue weighted by Gasteiger charge is 2.34. The van der Waals surface area contributed by atoms with Crippen LogP contribution < -0.4 is 0 Å². The van der Waals surface area contributed by atoms with Gasteiger partial charge >= 0.3 is 5.97 Å². The molecule has 6 nitrogen and oxygen atoms in total. The fourth-order valence-electron chi connectivity index (χ4n) is 2.15. The number of hydrogen-bond acceptors (Lipinski definition) is 3. The van der Waals surface area contributed by atoms with Crippen LogP contribution in [0.5, 0.6) is 0 Å². The van der Waals surface area contributed by atoms with Gasteiger partial charge in [-0.2, -0.15) is 0 Å². The number of nitrogens with zero attached hydrogens (tertiary/aromatic N) is 2. The van der Waals surface area contributed by atoms with Gasteiger partial charge in [0.1, 0.15) is 6.04 Å². The van der Waals surface area contributed by atoms with Crippen LogP contribution in [0.4, 0.5) is 0 Å². The van der Waals surface area contributed by atoms with E-state index >= 15 is 0 Å². The van der Waals surface area contributed by atoms with Crippen LogP contribution in [-0.2, 0) is 14.4 Å². The molecule has 0 spiro atoms. The molecule has 6 heteroatoms. The fraction of sp³-hybridized carbons (Fsp3) is 0.750. The lowest BCUT2D eigenvalue weighted by atomic mass is 10.1. The van der Waals surface area contributed by atoms with Crippen molar-refractivity contribution in [1.29, 1.82) is 0 Å². The van der Waals surface area contributed by atoms with Crippen LogP contribution in [-0.4, -0.2) is 59.4 Å². The molecular weight excluding hydrogens is 236 g/mol. The molecule has 0 bridgehead atoms. The van der Waals surface area contributed by atoms with E-state index in [9.17, 15) is 14.4 Å². The Morgan fingerprint density at radius 3 is 2.50 bits per heavy atom. The lowest BCUT2D eigenvalue weighted by molar-refractivity contribution is -0.142. The molecule has 1 fully saturated rings. The minimum absolute atomic E-state index is 0.00806. The number of carbonyl (C=O) groups excluding carboxylic acids is 2. The highest BCUT2D eigenvalue weighted by Crippen LogP contribution is 2.20. The Bertz CT molecular complexity index is 341. The first-order valence-corrected chi connectivity index (χ1v) is 6.16. The molecule has 1 rings (SSSR count). The van der Waals surface area contributed by atoms with E-state index < -0.39 is 5.97 Å². The Labute approximate surface area is 107 Å². The predicted octanol–water partition coefficient (Wildman–Crippen LogP) is 0.320. The molecule has 0 aliphatic carbocycles. The van der Waals surface area contributed by atoms with Crippen molar-refractivity contribution in [2.24, 2.45) is 0 Å². The van der Waals surface area contributed by atoms with E-state index in [0.29, 0.717) is 19.4 Å². The standard InChI is InChI=1S/C12H20N2O4/c1-13(2)12(18)9-5-4-8-14(9)10(15)6-3-7-11(16)17/h9H,3-8H2,1-2H3,(H,16,17). The second kappa shape index (κ2) is 6.37. The molecular formula is C12H20N2O4. The Morgan fingerprint density at radius 1 is 1.28 bits per heavy atom.